The van der Waals surface area contributed by atoms with Gasteiger partial charge in [0, 0.05) is 41.9 Å². The van der Waals surface area contributed by atoms with Crippen LogP contribution < -0.4 is 10.0 Å². The summed E-state index contributed by atoms with van der Waals surface area (Å²) in [5, 5.41) is 5.65. The van der Waals surface area contributed by atoms with Crippen molar-refractivity contribution in [2.24, 2.45) is 0 Å². The highest BCUT2D eigenvalue weighted by atomic mass is 32.2. The van der Waals surface area contributed by atoms with E-state index in [1.807, 2.05) is 62.7 Å². The van der Waals surface area contributed by atoms with Crippen LogP contribution in [0.2, 0.25) is 0 Å². The van der Waals surface area contributed by atoms with E-state index < -0.39 is 16.8 Å². The number of carbonyl (C=O) groups excluding carboxylic acids is 1. The third-order valence-corrected chi connectivity index (χ3v) is 7.58. The lowest BCUT2D eigenvalue weighted by Gasteiger charge is -2.21. The van der Waals surface area contributed by atoms with Crippen molar-refractivity contribution in [3.8, 4) is 11.1 Å². The summed E-state index contributed by atoms with van der Waals surface area (Å²) in [7, 11) is 0. The smallest absolute Gasteiger partial charge is 0.236 e. The molecule has 0 saturated heterocycles. The first kappa shape index (κ1) is 20.8. The minimum absolute atomic E-state index is 0.145. The third-order valence-electron chi connectivity index (χ3n) is 5.22. The Bertz CT molecular complexity index is 1050. The van der Waals surface area contributed by atoms with E-state index in [0.717, 1.165) is 35.2 Å². The number of amides is 1. The van der Waals surface area contributed by atoms with Gasteiger partial charge in [-0.2, -0.15) is 4.72 Å². The van der Waals surface area contributed by atoms with Crippen molar-refractivity contribution in [1.82, 2.24) is 9.97 Å². The number of benzene rings is 1. The van der Waals surface area contributed by atoms with Crippen LogP contribution in [0.3, 0.4) is 0 Å². The summed E-state index contributed by atoms with van der Waals surface area (Å²) in [6.07, 6.45) is 5.60. The van der Waals surface area contributed by atoms with Crippen molar-refractivity contribution in [1.29, 1.82) is 0 Å². The first-order valence-corrected chi connectivity index (χ1v) is 11.9. The summed E-state index contributed by atoms with van der Waals surface area (Å²) < 4.78 is 15.0. The predicted molar refractivity (Wildman–Crippen MR) is 123 cm³/mol. The van der Waals surface area contributed by atoms with Gasteiger partial charge in [-0.1, -0.05) is 12.1 Å². The van der Waals surface area contributed by atoms with E-state index in [9.17, 15) is 9.35 Å². The Hall–Kier alpha value is -2.42. The third kappa shape index (κ3) is 4.50. The van der Waals surface area contributed by atoms with Gasteiger partial charge >= 0.3 is 0 Å². The number of pyridine rings is 1. The summed E-state index contributed by atoms with van der Waals surface area (Å²) in [4.78, 5) is 21.7. The van der Waals surface area contributed by atoms with E-state index in [2.05, 4.69) is 20.0 Å². The molecule has 2 heterocycles. The molecule has 6 nitrogen and oxygen atoms in total. The fourth-order valence-electron chi connectivity index (χ4n) is 2.96. The number of hydrogen-bond donors (Lipinski definition) is 2. The van der Waals surface area contributed by atoms with Crippen LogP contribution in [0.15, 0.2) is 48.1 Å². The highest BCUT2D eigenvalue weighted by molar-refractivity contribution is 7.93. The maximum atomic E-state index is 13.0. The molecule has 2 aromatic heterocycles. The lowest BCUT2D eigenvalue weighted by atomic mass is 9.89. The SMILES string of the molecule is Cc1ccncc1-c1ccc(NC(=O)C(C)(C)c2csc(N[S+]([O-])C3CC3)n2)cc1. The highest BCUT2D eigenvalue weighted by Gasteiger charge is 2.37. The summed E-state index contributed by atoms with van der Waals surface area (Å²) in [5.74, 6) is -0.145. The standard InChI is InChI=1S/C22H24N4O2S2/c1-14-10-11-23-12-18(14)15-4-6-16(7-5-15)24-20(27)22(2,3)19-13-29-21(25-19)26-30(28)17-8-9-17/h4-7,10-13,17H,8-9H2,1-3H3,(H,24,27)(H,25,26). The number of hydrogen-bond acceptors (Lipinski definition) is 6. The zero-order chi connectivity index (χ0) is 21.3. The molecule has 1 saturated carbocycles. The molecule has 1 amide bonds. The Morgan fingerprint density at radius 1 is 1.23 bits per heavy atom. The molecule has 0 bridgehead atoms. The van der Waals surface area contributed by atoms with Crippen LogP contribution in [0.25, 0.3) is 11.1 Å². The summed E-state index contributed by atoms with van der Waals surface area (Å²) in [6.45, 7) is 5.73. The molecule has 156 valence electrons. The van der Waals surface area contributed by atoms with Gasteiger partial charge in [0.25, 0.3) is 0 Å². The Morgan fingerprint density at radius 3 is 2.63 bits per heavy atom. The largest absolute Gasteiger partial charge is 0.593 e. The Balaban J connectivity index is 1.43. The highest BCUT2D eigenvalue weighted by Crippen LogP contribution is 2.33. The van der Waals surface area contributed by atoms with Gasteiger partial charge in [-0.3, -0.25) is 9.78 Å². The van der Waals surface area contributed by atoms with Crippen LogP contribution >= 0.6 is 11.3 Å². The van der Waals surface area contributed by atoms with Gasteiger partial charge in [0.2, 0.25) is 11.0 Å². The molecule has 0 aliphatic heterocycles. The number of aromatic nitrogens is 2. The fraction of sp³-hybridized carbons (Fsp3) is 0.318. The molecule has 4 rings (SSSR count). The number of rotatable bonds is 7. The van der Waals surface area contributed by atoms with Gasteiger partial charge in [-0.15, -0.1) is 11.3 Å². The number of thiazole rings is 1. The van der Waals surface area contributed by atoms with Crippen LogP contribution in [0.1, 0.15) is 37.9 Å². The molecule has 1 unspecified atom stereocenters. The van der Waals surface area contributed by atoms with E-state index >= 15 is 0 Å². The second kappa shape index (κ2) is 8.37. The maximum Gasteiger partial charge on any atom is 0.236 e. The van der Waals surface area contributed by atoms with E-state index in [4.69, 9.17) is 0 Å². The summed E-state index contributed by atoms with van der Waals surface area (Å²) in [6, 6.07) is 9.71. The topological polar surface area (TPSA) is 90.0 Å². The van der Waals surface area contributed by atoms with Crippen molar-refractivity contribution < 1.29 is 9.35 Å². The van der Waals surface area contributed by atoms with Gasteiger partial charge in [0.15, 0.2) is 0 Å². The van der Waals surface area contributed by atoms with Crippen LogP contribution in [-0.4, -0.2) is 25.7 Å². The van der Waals surface area contributed by atoms with Crippen molar-refractivity contribution >= 4 is 39.4 Å². The van der Waals surface area contributed by atoms with Gasteiger partial charge in [0.1, 0.15) is 5.25 Å². The Morgan fingerprint density at radius 2 is 1.97 bits per heavy atom. The van der Waals surface area contributed by atoms with Gasteiger partial charge in [-0.25, -0.2) is 4.98 Å². The Labute approximate surface area is 183 Å². The molecule has 1 aromatic carbocycles. The fourth-order valence-corrected chi connectivity index (χ4v) is 5.07. The summed E-state index contributed by atoms with van der Waals surface area (Å²) in [5.41, 5.74) is 3.83. The molecule has 8 heteroatoms. The van der Waals surface area contributed by atoms with Crippen LogP contribution in [0, 0.1) is 6.92 Å². The lowest BCUT2D eigenvalue weighted by Crippen LogP contribution is -2.35. The van der Waals surface area contributed by atoms with Crippen LogP contribution in [0.5, 0.6) is 0 Å². The van der Waals surface area contributed by atoms with E-state index in [1.165, 1.54) is 11.3 Å². The van der Waals surface area contributed by atoms with Gasteiger partial charge < -0.3 is 9.87 Å². The molecule has 0 radical (unpaired) electrons. The number of anilines is 2. The number of nitrogens with one attached hydrogen (secondary N) is 2. The monoisotopic (exact) mass is 440 g/mol. The van der Waals surface area contributed by atoms with Crippen LogP contribution in [0.4, 0.5) is 10.8 Å². The van der Waals surface area contributed by atoms with Crippen molar-refractivity contribution in [3.63, 3.8) is 0 Å². The Kier molecular flexibility index (Phi) is 5.81. The van der Waals surface area contributed by atoms with Crippen molar-refractivity contribution in [3.05, 3.63) is 59.4 Å². The first-order valence-electron chi connectivity index (χ1n) is 9.80. The molecule has 0 spiro atoms. The molecule has 1 atom stereocenters. The first-order chi connectivity index (χ1) is 14.3. The molecule has 2 N–H and O–H groups in total. The minimum atomic E-state index is -1.09. The van der Waals surface area contributed by atoms with Crippen molar-refractivity contribution in [2.45, 2.75) is 44.3 Å². The molecule has 1 fully saturated rings. The average molecular weight is 441 g/mol. The number of nitrogens with zero attached hydrogens (tertiary/aromatic N) is 2. The molecule has 30 heavy (non-hydrogen) atoms. The maximum absolute atomic E-state index is 13.0. The zero-order valence-corrected chi connectivity index (χ0v) is 18.8. The molecule has 3 aromatic rings. The number of carbonyl (C=O) groups is 1. The minimum Gasteiger partial charge on any atom is -0.593 e. The van der Waals surface area contributed by atoms with Crippen LogP contribution in [-0.2, 0) is 21.6 Å². The lowest BCUT2D eigenvalue weighted by molar-refractivity contribution is -0.120. The molecular weight excluding hydrogens is 416 g/mol. The number of aryl methyl sites for hydroxylation is 1. The quantitative estimate of drug-likeness (QED) is 0.521. The molecule has 1 aliphatic carbocycles. The molecular formula is C22H24N4O2S2. The normalized spacial score (nSPS) is 14.9. The second-order valence-electron chi connectivity index (χ2n) is 7.98. The van der Waals surface area contributed by atoms with Gasteiger partial charge in [0.05, 0.1) is 22.5 Å². The average Bonchev–Trinajstić information content (AvgIpc) is 3.48. The summed E-state index contributed by atoms with van der Waals surface area (Å²) >= 11 is 0.279. The van der Waals surface area contributed by atoms with E-state index in [0.29, 0.717) is 10.8 Å². The predicted octanol–water partition coefficient (Wildman–Crippen LogP) is 4.67. The van der Waals surface area contributed by atoms with Gasteiger partial charge in [-0.05, 0) is 50.1 Å². The van der Waals surface area contributed by atoms with Crippen molar-refractivity contribution in [2.75, 3.05) is 10.0 Å². The molecule has 1 aliphatic rings. The van der Waals surface area contributed by atoms with E-state index in [1.54, 1.807) is 6.20 Å². The zero-order valence-electron chi connectivity index (χ0n) is 17.1. The second-order valence-corrected chi connectivity index (χ2v) is 10.3. The van der Waals surface area contributed by atoms with E-state index in [-0.39, 0.29) is 11.2 Å².